The number of ether oxygens (including phenoxy) is 1. The molecule has 1 aliphatic carbocycles. The molecule has 2 aromatic heterocycles. The summed E-state index contributed by atoms with van der Waals surface area (Å²) in [6.07, 6.45) is 4.80. The molecule has 1 N–H and O–H groups in total. The van der Waals surface area contributed by atoms with Gasteiger partial charge in [0.05, 0.1) is 40.5 Å². The average molecular weight is 428 g/mol. The molecule has 0 unspecified atom stereocenters. The number of fused-ring (bicyclic) bond motifs is 1. The summed E-state index contributed by atoms with van der Waals surface area (Å²) in [5.41, 5.74) is -1.61. The first-order valence-corrected chi connectivity index (χ1v) is 9.59. The number of nitrogens with one attached hydrogen (secondary N) is 1. The first-order valence-electron chi connectivity index (χ1n) is 9.59. The minimum Gasteiger partial charge on any atom is -0.496 e. The van der Waals surface area contributed by atoms with Crippen molar-refractivity contribution < 1.29 is 17.9 Å². The quantitative estimate of drug-likeness (QED) is 0.634. The number of aryl methyl sites for hydroxylation is 1. The number of alkyl halides is 3. The smallest absolute Gasteiger partial charge is 0.416 e. The van der Waals surface area contributed by atoms with Crippen LogP contribution in [0.5, 0.6) is 5.75 Å². The fourth-order valence-corrected chi connectivity index (χ4v) is 3.74. The van der Waals surface area contributed by atoms with E-state index < -0.39 is 23.0 Å². The third-order valence-corrected chi connectivity index (χ3v) is 5.57. The van der Waals surface area contributed by atoms with Gasteiger partial charge in [0.25, 0.3) is 0 Å². The van der Waals surface area contributed by atoms with Crippen LogP contribution in [0.4, 0.5) is 19.0 Å². The molecule has 31 heavy (non-hydrogen) atoms. The van der Waals surface area contributed by atoms with Crippen molar-refractivity contribution in [3.63, 3.8) is 0 Å². The van der Waals surface area contributed by atoms with Crippen molar-refractivity contribution in [3.05, 3.63) is 52.2 Å². The Hall–Kier alpha value is -3.54. The molecule has 1 aliphatic rings. The van der Waals surface area contributed by atoms with Crippen LogP contribution in [0.15, 0.2) is 35.3 Å². The Kier molecular flexibility index (Phi) is 4.88. The van der Waals surface area contributed by atoms with Gasteiger partial charge in [0.2, 0.25) is 0 Å². The Morgan fingerprint density at radius 1 is 1.32 bits per heavy atom. The lowest BCUT2D eigenvalue weighted by atomic mass is 9.77. The normalized spacial score (nSPS) is 15.2. The SMILES string of the molecule is C#CC1(Nc2nc(=O)n(-c3cccnc3C)c3cc(C(F)(F)F)cc(OC)c23)CCC1. The van der Waals surface area contributed by atoms with E-state index in [2.05, 4.69) is 21.2 Å². The molecule has 0 bridgehead atoms. The lowest BCUT2D eigenvalue weighted by Crippen LogP contribution is -2.44. The zero-order valence-corrected chi connectivity index (χ0v) is 16.9. The molecule has 0 atom stereocenters. The summed E-state index contributed by atoms with van der Waals surface area (Å²) >= 11 is 0. The minimum absolute atomic E-state index is 0.00299. The van der Waals surface area contributed by atoms with Gasteiger partial charge in [-0.15, -0.1) is 6.42 Å². The fourth-order valence-electron chi connectivity index (χ4n) is 3.74. The highest BCUT2D eigenvalue weighted by Gasteiger charge is 2.37. The van der Waals surface area contributed by atoms with Crippen molar-refractivity contribution in [2.24, 2.45) is 0 Å². The number of aromatic nitrogens is 3. The number of terminal acetylenes is 1. The molecule has 3 aromatic rings. The van der Waals surface area contributed by atoms with Crippen molar-refractivity contribution in [2.45, 2.75) is 37.9 Å². The zero-order chi connectivity index (χ0) is 22.4. The Labute approximate surface area is 176 Å². The molecule has 6 nitrogen and oxygen atoms in total. The van der Waals surface area contributed by atoms with Gasteiger partial charge < -0.3 is 10.1 Å². The molecule has 0 saturated heterocycles. The molecule has 1 fully saturated rings. The fraction of sp³-hybridized carbons (Fsp3) is 0.318. The molecule has 1 aromatic carbocycles. The third-order valence-electron chi connectivity index (χ3n) is 5.57. The monoisotopic (exact) mass is 428 g/mol. The van der Waals surface area contributed by atoms with Gasteiger partial charge in [-0.2, -0.15) is 18.2 Å². The Bertz CT molecular complexity index is 1270. The van der Waals surface area contributed by atoms with Crippen LogP contribution in [-0.2, 0) is 6.18 Å². The number of pyridine rings is 1. The maximum Gasteiger partial charge on any atom is 0.416 e. The van der Waals surface area contributed by atoms with Gasteiger partial charge in [0.1, 0.15) is 11.6 Å². The highest BCUT2D eigenvalue weighted by molar-refractivity contribution is 5.96. The number of hydrogen-bond acceptors (Lipinski definition) is 5. The summed E-state index contributed by atoms with van der Waals surface area (Å²) in [6.45, 7) is 1.66. The maximum atomic E-state index is 13.6. The summed E-state index contributed by atoms with van der Waals surface area (Å²) < 4.78 is 47.3. The molecule has 160 valence electrons. The highest BCUT2D eigenvalue weighted by Crippen LogP contribution is 2.41. The van der Waals surface area contributed by atoms with Crippen LogP contribution in [0, 0.1) is 19.3 Å². The number of halogens is 3. The van der Waals surface area contributed by atoms with Gasteiger partial charge >= 0.3 is 11.9 Å². The van der Waals surface area contributed by atoms with Crippen LogP contribution in [0.3, 0.4) is 0 Å². The summed E-state index contributed by atoms with van der Waals surface area (Å²) in [6, 6.07) is 5.00. The van der Waals surface area contributed by atoms with E-state index in [1.54, 1.807) is 19.1 Å². The maximum absolute atomic E-state index is 13.6. The molecule has 1 saturated carbocycles. The van der Waals surface area contributed by atoms with Crippen LogP contribution in [0.25, 0.3) is 16.6 Å². The van der Waals surface area contributed by atoms with Crippen LogP contribution in [-0.4, -0.2) is 27.2 Å². The van der Waals surface area contributed by atoms with Gasteiger partial charge in [-0.1, -0.05) is 5.92 Å². The number of rotatable bonds is 4. The second kappa shape index (κ2) is 7.30. The van der Waals surface area contributed by atoms with E-state index in [1.165, 1.54) is 13.3 Å². The van der Waals surface area contributed by atoms with Crippen molar-refractivity contribution in [1.82, 2.24) is 14.5 Å². The second-order valence-corrected chi connectivity index (χ2v) is 7.46. The van der Waals surface area contributed by atoms with Crippen molar-refractivity contribution >= 4 is 16.7 Å². The summed E-state index contributed by atoms with van der Waals surface area (Å²) in [4.78, 5) is 21.4. The summed E-state index contributed by atoms with van der Waals surface area (Å²) in [5, 5.41) is 3.35. The van der Waals surface area contributed by atoms with Gasteiger partial charge in [-0.25, -0.2) is 4.79 Å². The van der Waals surface area contributed by atoms with Crippen LogP contribution < -0.4 is 15.7 Å². The molecular formula is C22H19F3N4O2. The van der Waals surface area contributed by atoms with E-state index in [1.807, 2.05) is 0 Å². The van der Waals surface area contributed by atoms with Gasteiger partial charge in [-0.05, 0) is 50.5 Å². The number of nitrogens with zero attached hydrogens (tertiary/aromatic N) is 3. The predicted molar refractivity (Wildman–Crippen MR) is 110 cm³/mol. The molecule has 9 heteroatoms. The number of benzene rings is 1. The van der Waals surface area contributed by atoms with Crippen LogP contribution in [0.2, 0.25) is 0 Å². The van der Waals surface area contributed by atoms with Gasteiger partial charge in [0.15, 0.2) is 0 Å². The minimum atomic E-state index is -4.64. The Balaban J connectivity index is 2.11. The van der Waals surface area contributed by atoms with Crippen molar-refractivity contribution in [2.75, 3.05) is 12.4 Å². The molecule has 0 spiro atoms. The first-order chi connectivity index (χ1) is 14.7. The number of methoxy groups -OCH3 is 1. The topological polar surface area (TPSA) is 69.0 Å². The van der Waals surface area contributed by atoms with Gasteiger partial charge in [-0.3, -0.25) is 9.55 Å². The largest absolute Gasteiger partial charge is 0.496 e. The molecule has 2 heterocycles. The number of hydrogen-bond donors (Lipinski definition) is 1. The number of anilines is 1. The van der Waals surface area contributed by atoms with E-state index >= 15 is 0 Å². The molecule has 0 amide bonds. The summed E-state index contributed by atoms with van der Waals surface area (Å²) in [7, 11) is 1.27. The van der Waals surface area contributed by atoms with Gasteiger partial charge in [0, 0.05) is 6.20 Å². The second-order valence-electron chi connectivity index (χ2n) is 7.46. The standard InChI is InChI=1S/C22H19F3N4O2/c1-4-21(8-6-9-21)28-19-18-16(11-14(22(23,24)25)12-17(18)31-3)29(20(30)27-19)15-7-5-10-26-13(15)2/h1,5,7,10-12H,6,8-9H2,2-3H3,(H,27,28,30). The third kappa shape index (κ3) is 3.48. The van der Waals surface area contributed by atoms with E-state index in [0.29, 0.717) is 24.2 Å². The van der Waals surface area contributed by atoms with E-state index in [-0.39, 0.29) is 22.5 Å². The van der Waals surface area contributed by atoms with E-state index in [9.17, 15) is 18.0 Å². The lowest BCUT2D eigenvalue weighted by Gasteiger charge is -2.38. The van der Waals surface area contributed by atoms with E-state index in [4.69, 9.17) is 11.2 Å². The average Bonchev–Trinajstić information content (AvgIpc) is 2.70. The predicted octanol–water partition coefficient (Wildman–Crippen LogP) is 4.08. The van der Waals surface area contributed by atoms with Crippen molar-refractivity contribution in [3.8, 4) is 23.8 Å². The van der Waals surface area contributed by atoms with Crippen LogP contribution in [0.1, 0.15) is 30.5 Å². The highest BCUT2D eigenvalue weighted by atomic mass is 19.4. The first kappa shape index (κ1) is 20.7. The Morgan fingerprint density at radius 2 is 2.06 bits per heavy atom. The van der Waals surface area contributed by atoms with Crippen molar-refractivity contribution in [1.29, 1.82) is 0 Å². The molecule has 0 aliphatic heterocycles. The Morgan fingerprint density at radius 3 is 2.61 bits per heavy atom. The van der Waals surface area contributed by atoms with E-state index in [0.717, 1.165) is 23.1 Å². The van der Waals surface area contributed by atoms with Crippen LogP contribution >= 0.6 is 0 Å². The summed E-state index contributed by atoms with van der Waals surface area (Å²) in [5.74, 6) is 2.72. The molecule has 4 rings (SSSR count). The molecule has 0 radical (unpaired) electrons. The lowest BCUT2D eigenvalue weighted by molar-refractivity contribution is -0.137. The molecular weight excluding hydrogens is 409 g/mol. The zero-order valence-electron chi connectivity index (χ0n) is 16.9.